The molecule has 0 saturated carbocycles. The number of aryl methyl sites for hydroxylation is 1. The predicted molar refractivity (Wildman–Crippen MR) is 103 cm³/mol. The molecule has 1 fully saturated rings. The average Bonchev–Trinajstić information content (AvgIpc) is 3.05. The Balaban J connectivity index is 1.75. The van der Waals surface area contributed by atoms with Crippen LogP contribution in [0, 0.1) is 6.92 Å². The van der Waals surface area contributed by atoms with Gasteiger partial charge >= 0.3 is 11.6 Å². The van der Waals surface area contributed by atoms with Crippen molar-refractivity contribution in [2.75, 3.05) is 19.7 Å². The summed E-state index contributed by atoms with van der Waals surface area (Å²) in [5.74, 6) is -1.32. The average molecular weight is 401 g/mol. The summed E-state index contributed by atoms with van der Waals surface area (Å²) in [7, 11) is 0. The molecular weight excluding hydrogens is 378 g/mol. The van der Waals surface area contributed by atoms with Crippen molar-refractivity contribution in [3.63, 3.8) is 0 Å². The maximum Gasteiger partial charge on any atom is 0.343 e. The second kappa shape index (κ2) is 8.81. The first-order valence-electron chi connectivity index (χ1n) is 9.41. The number of rotatable bonds is 8. The zero-order valence-corrected chi connectivity index (χ0v) is 16.1. The van der Waals surface area contributed by atoms with Gasteiger partial charge < -0.3 is 24.3 Å². The van der Waals surface area contributed by atoms with E-state index in [1.807, 2.05) is 0 Å². The maximum atomic E-state index is 12.2. The number of carbonyl (C=O) groups is 2. The number of hydrogen-bond donors (Lipinski definition) is 2. The van der Waals surface area contributed by atoms with Crippen molar-refractivity contribution in [3.8, 4) is 11.5 Å². The Labute approximate surface area is 167 Å². The number of carboxylic acids is 1. The highest BCUT2D eigenvalue weighted by molar-refractivity contribution is 5.78. The number of ether oxygens (including phenoxy) is 1. The molecule has 1 amide bonds. The molecule has 3 rings (SSSR count). The van der Waals surface area contributed by atoms with E-state index in [1.165, 1.54) is 13.0 Å². The van der Waals surface area contributed by atoms with Crippen LogP contribution < -0.4 is 10.4 Å². The number of aliphatic carboxylic acids is 1. The fourth-order valence-electron chi connectivity index (χ4n) is 3.50. The van der Waals surface area contributed by atoms with Gasteiger partial charge in [-0.3, -0.25) is 9.59 Å². The molecule has 1 aromatic carbocycles. The zero-order chi connectivity index (χ0) is 21.0. The van der Waals surface area contributed by atoms with Gasteiger partial charge in [0.15, 0.2) is 0 Å². The van der Waals surface area contributed by atoms with E-state index < -0.39 is 17.5 Å². The lowest BCUT2D eigenvalue weighted by Crippen LogP contribution is -2.29. The van der Waals surface area contributed by atoms with E-state index in [2.05, 4.69) is 0 Å². The molecular formula is C21H23NO7. The van der Waals surface area contributed by atoms with Gasteiger partial charge in [0.2, 0.25) is 5.91 Å². The number of carboxylic acid groups (broad SMARTS) is 1. The molecule has 1 aliphatic heterocycles. The van der Waals surface area contributed by atoms with E-state index in [9.17, 15) is 24.6 Å². The van der Waals surface area contributed by atoms with Crippen molar-refractivity contribution in [2.45, 2.75) is 32.1 Å². The second-order valence-corrected chi connectivity index (χ2v) is 7.00. The maximum absolute atomic E-state index is 12.2. The summed E-state index contributed by atoms with van der Waals surface area (Å²) >= 11 is 0. The molecule has 0 aliphatic carbocycles. The normalized spacial score (nSPS) is 14.8. The molecule has 2 N–H and O–H groups in total. The highest BCUT2D eigenvalue weighted by Crippen LogP contribution is 2.33. The van der Waals surface area contributed by atoms with Gasteiger partial charge in [0.05, 0.1) is 18.5 Å². The van der Waals surface area contributed by atoms with E-state index in [1.54, 1.807) is 29.2 Å². The van der Waals surface area contributed by atoms with Gasteiger partial charge in [0.25, 0.3) is 0 Å². The topological polar surface area (TPSA) is 117 Å². The molecule has 29 heavy (non-hydrogen) atoms. The fraction of sp³-hybridized carbons (Fsp3) is 0.381. The van der Waals surface area contributed by atoms with Crippen molar-refractivity contribution in [2.24, 2.45) is 0 Å². The highest BCUT2D eigenvalue weighted by atomic mass is 16.5. The molecule has 0 spiro atoms. The van der Waals surface area contributed by atoms with Crippen LogP contribution in [0.25, 0.3) is 0 Å². The summed E-state index contributed by atoms with van der Waals surface area (Å²) < 4.78 is 10.7. The van der Waals surface area contributed by atoms with Crippen LogP contribution in [0.5, 0.6) is 11.5 Å². The van der Waals surface area contributed by atoms with Crippen molar-refractivity contribution >= 4 is 11.9 Å². The van der Waals surface area contributed by atoms with Crippen LogP contribution in [0.2, 0.25) is 0 Å². The molecule has 8 heteroatoms. The molecule has 8 nitrogen and oxygen atoms in total. The molecule has 0 radical (unpaired) electrons. The summed E-state index contributed by atoms with van der Waals surface area (Å²) in [5.41, 5.74) is -0.301. The predicted octanol–water partition coefficient (Wildman–Crippen LogP) is 2.26. The van der Waals surface area contributed by atoms with Gasteiger partial charge in [-0.25, -0.2) is 4.79 Å². The quantitative estimate of drug-likeness (QED) is 0.697. The summed E-state index contributed by atoms with van der Waals surface area (Å²) in [6.45, 7) is 3.14. The van der Waals surface area contributed by atoms with E-state index in [0.29, 0.717) is 30.9 Å². The van der Waals surface area contributed by atoms with Crippen LogP contribution in [0.1, 0.15) is 42.1 Å². The Morgan fingerprint density at radius 2 is 2.00 bits per heavy atom. The van der Waals surface area contributed by atoms with E-state index in [4.69, 9.17) is 9.15 Å². The number of amides is 1. The van der Waals surface area contributed by atoms with Gasteiger partial charge in [-0.1, -0.05) is 12.1 Å². The standard InChI is InChI=1S/C21H23NO7/c1-13-11-17(23)20(21(27)29-13)16(12-19(25)26)14-4-6-15(7-5-14)28-10-9-22-8-2-3-18(22)24/h4-7,11,16,23H,2-3,8-10,12H2,1H3,(H,25,26)/t16-/m1/s1. The molecule has 154 valence electrons. The number of benzene rings is 1. The third kappa shape index (κ3) is 4.96. The SMILES string of the molecule is Cc1cc(O)c([C@H](CC(=O)O)c2ccc(OCCN3CCCC3=O)cc2)c(=O)o1. The minimum Gasteiger partial charge on any atom is -0.507 e. The number of likely N-dealkylation sites (tertiary alicyclic amines) is 1. The number of aromatic hydroxyl groups is 1. The molecule has 0 unspecified atom stereocenters. The Morgan fingerprint density at radius 1 is 1.28 bits per heavy atom. The smallest absolute Gasteiger partial charge is 0.343 e. The molecule has 2 aromatic rings. The zero-order valence-electron chi connectivity index (χ0n) is 16.1. The van der Waals surface area contributed by atoms with Crippen LogP contribution >= 0.6 is 0 Å². The lowest BCUT2D eigenvalue weighted by atomic mass is 9.89. The Bertz CT molecular complexity index is 948. The van der Waals surface area contributed by atoms with Gasteiger partial charge in [-0.05, 0) is 31.0 Å². The Hall–Kier alpha value is -3.29. The van der Waals surface area contributed by atoms with Crippen LogP contribution in [0.3, 0.4) is 0 Å². The highest BCUT2D eigenvalue weighted by Gasteiger charge is 2.25. The molecule has 0 bridgehead atoms. The first kappa shape index (κ1) is 20.4. The van der Waals surface area contributed by atoms with Gasteiger partial charge in [-0.2, -0.15) is 0 Å². The number of hydrogen-bond acceptors (Lipinski definition) is 6. The van der Waals surface area contributed by atoms with Crippen LogP contribution in [-0.4, -0.2) is 46.7 Å². The Morgan fingerprint density at radius 3 is 2.59 bits per heavy atom. The van der Waals surface area contributed by atoms with Gasteiger partial charge in [0, 0.05) is 24.9 Å². The monoisotopic (exact) mass is 401 g/mol. The van der Waals surface area contributed by atoms with Gasteiger partial charge in [-0.15, -0.1) is 0 Å². The van der Waals surface area contributed by atoms with Crippen molar-refractivity contribution in [3.05, 3.63) is 57.6 Å². The molecule has 1 saturated heterocycles. The molecule has 1 aromatic heterocycles. The van der Waals surface area contributed by atoms with Crippen LogP contribution in [0.15, 0.2) is 39.5 Å². The second-order valence-electron chi connectivity index (χ2n) is 7.00. The minimum absolute atomic E-state index is 0.0841. The summed E-state index contributed by atoms with van der Waals surface area (Å²) in [6, 6.07) is 7.94. The summed E-state index contributed by atoms with van der Waals surface area (Å²) in [5, 5.41) is 19.5. The van der Waals surface area contributed by atoms with E-state index in [-0.39, 0.29) is 29.4 Å². The number of nitrogens with zero attached hydrogens (tertiary/aromatic N) is 1. The summed E-state index contributed by atoms with van der Waals surface area (Å²) in [4.78, 5) is 36.9. The number of carbonyl (C=O) groups excluding carboxylic acids is 1. The van der Waals surface area contributed by atoms with Crippen molar-refractivity contribution < 1.29 is 29.0 Å². The van der Waals surface area contributed by atoms with Gasteiger partial charge in [0.1, 0.15) is 23.9 Å². The lowest BCUT2D eigenvalue weighted by Gasteiger charge is -2.18. The van der Waals surface area contributed by atoms with Crippen molar-refractivity contribution in [1.82, 2.24) is 4.90 Å². The van der Waals surface area contributed by atoms with Crippen LogP contribution in [0.4, 0.5) is 0 Å². The minimum atomic E-state index is -1.11. The first-order chi connectivity index (χ1) is 13.8. The third-order valence-electron chi connectivity index (χ3n) is 4.90. The van der Waals surface area contributed by atoms with Crippen LogP contribution in [-0.2, 0) is 9.59 Å². The molecule has 2 heterocycles. The lowest BCUT2D eigenvalue weighted by molar-refractivity contribution is -0.137. The summed E-state index contributed by atoms with van der Waals surface area (Å²) in [6.07, 6.45) is 1.08. The molecule has 1 atom stereocenters. The van der Waals surface area contributed by atoms with Crippen molar-refractivity contribution in [1.29, 1.82) is 0 Å². The van der Waals surface area contributed by atoms with E-state index in [0.717, 1.165) is 13.0 Å². The third-order valence-corrected chi connectivity index (χ3v) is 4.90. The Kier molecular flexibility index (Phi) is 6.21. The van der Waals surface area contributed by atoms with E-state index >= 15 is 0 Å². The molecule has 1 aliphatic rings. The largest absolute Gasteiger partial charge is 0.507 e. The fourth-order valence-corrected chi connectivity index (χ4v) is 3.50. The first-order valence-corrected chi connectivity index (χ1v) is 9.41.